The van der Waals surface area contributed by atoms with Gasteiger partial charge in [0.2, 0.25) is 5.89 Å². The molecule has 3 aromatic rings. The first kappa shape index (κ1) is 13.4. The van der Waals surface area contributed by atoms with E-state index in [-0.39, 0.29) is 0 Å². The van der Waals surface area contributed by atoms with Crippen LogP contribution in [0.5, 0.6) is 5.75 Å². The van der Waals surface area contributed by atoms with E-state index in [0.29, 0.717) is 6.54 Å². The summed E-state index contributed by atoms with van der Waals surface area (Å²) < 4.78 is 11.7. The molecule has 0 atom stereocenters. The van der Waals surface area contributed by atoms with E-state index in [9.17, 15) is 0 Å². The maximum atomic E-state index is 5.90. The molecule has 0 aliphatic carbocycles. The van der Waals surface area contributed by atoms with Crippen LogP contribution in [0, 0.1) is 0 Å². The van der Waals surface area contributed by atoms with Gasteiger partial charge in [-0.2, -0.15) is 0 Å². The number of para-hydroxylation sites is 2. The first-order valence-corrected chi connectivity index (χ1v) is 8.23. The Hall–Kier alpha value is -2.27. The highest BCUT2D eigenvalue weighted by Gasteiger charge is 2.18. The van der Waals surface area contributed by atoms with Crippen molar-refractivity contribution in [3.63, 3.8) is 0 Å². The fourth-order valence-electron chi connectivity index (χ4n) is 2.64. The Morgan fingerprint density at radius 1 is 1.18 bits per heavy atom. The standard InChI is InChI=1S/C17H16N2O2S/c1-2-6-14-13(5-1)19(8-4-9-20-14)12-17-18-11-15(21-17)16-7-3-10-22-16/h1-3,5-7,10-11H,4,8-9,12H2. The molecular weight excluding hydrogens is 296 g/mol. The maximum Gasteiger partial charge on any atom is 0.214 e. The fraction of sp³-hybridized carbons (Fsp3) is 0.235. The van der Waals surface area contributed by atoms with Crippen LogP contribution in [0.25, 0.3) is 10.6 Å². The van der Waals surface area contributed by atoms with E-state index in [2.05, 4.69) is 16.0 Å². The molecule has 3 heterocycles. The Kier molecular flexibility index (Phi) is 3.56. The molecule has 4 nitrogen and oxygen atoms in total. The Labute approximate surface area is 133 Å². The van der Waals surface area contributed by atoms with Crippen molar-refractivity contribution in [2.45, 2.75) is 13.0 Å². The SMILES string of the molecule is c1csc(-c2cnc(CN3CCCOc4ccccc43)o2)c1. The summed E-state index contributed by atoms with van der Waals surface area (Å²) in [6.07, 6.45) is 2.80. The fourth-order valence-corrected chi connectivity index (χ4v) is 3.31. The average Bonchev–Trinajstić information content (AvgIpc) is 3.18. The Morgan fingerprint density at radius 3 is 3.05 bits per heavy atom. The quantitative estimate of drug-likeness (QED) is 0.727. The maximum absolute atomic E-state index is 5.90. The van der Waals surface area contributed by atoms with Gasteiger partial charge in [-0.25, -0.2) is 4.98 Å². The van der Waals surface area contributed by atoms with Gasteiger partial charge in [-0.15, -0.1) is 11.3 Å². The van der Waals surface area contributed by atoms with E-state index in [1.54, 1.807) is 17.5 Å². The molecule has 2 aromatic heterocycles. The highest BCUT2D eigenvalue weighted by molar-refractivity contribution is 7.13. The third-order valence-electron chi connectivity index (χ3n) is 3.68. The van der Waals surface area contributed by atoms with Gasteiger partial charge in [-0.1, -0.05) is 18.2 Å². The zero-order valence-electron chi connectivity index (χ0n) is 12.1. The second-order valence-electron chi connectivity index (χ2n) is 5.19. The lowest BCUT2D eigenvalue weighted by molar-refractivity contribution is 0.322. The Balaban J connectivity index is 1.58. The largest absolute Gasteiger partial charge is 0.491 e. The molecular formula is C17H16N2O2S. The molecule has 22 heavy (non-hydrogen) atoms. The third kappa shape index (κ3) is 2.60. The summed E-state index contributed by atoms with van der Waals surface area (Å²) in [7, 11) is 0. The smallest absolute Gasteiger partial charge is 0.214 e. The molecule has 0 saturated heterocycles. The van der Waals surface area contributed by atoms with Crippen LogP contribution in [0.4, 0.5) is 5.69 Å². The number of anilines is 1. The molecule has 0 spiro atoms. The van der Waals surface area contributed by atoms with Gasteiger partial charge in [0, 0.05) is 6.54 Å². The summed E-state index contributed by atoms with van der Waals surface area (Å²) in [4.78, 5) is 7.81. The van der Waals surface area contributed by atoms with Gasteiger partial charge >= 0.3 is 0 Å². The Morgan fingerprint density at radius 2 is 2.14 bits per heavy atom. The summed E-state index contributed by atoms with van der Waals surface area (Å²) in [5.41, 5.74) is 1.11. The lowest BCUT2D eigenvalue weighted by atomic mass is 10.2. The minimum absolute atomic E-state index is 0.658. The topological polar surface area (TPSA) is 38.5 Å². The molecule has 0 fully saturated rings. The second kappa shape index (κ2) is 5.85. The zero-order valence-corrected chi connectivity index (χ0v) is 12.9. The molecule has 0 radical (unpaired) electrons. The average molecular weight is 312 g/mol. The van der Waals surface area contributed by atoms with Crippen LogP contribution >= 0.6 is 11.3 Å². The molecule has 0 amide bonds. The predicted octanol–water partition coefficient (Wildman–Crippen LogP) is 4.19. The van der Waals surface area contributed by atoms with Crippen LogP contribution in [0.3, 0.4) is 0 Å². The molecule has 112 valence electrons. The minimum atomic E-state index is 0.658. The second-order valence-corrected chi connectivity index (χ2v) is 6.13. The molecule has 1 aliphatic heterocycles. The van der Waals surface area contributed by atoms with E-state index in [1.807, 2.05) is 35.7 Å². The van der Waals surface area contributed by atoms with Crippen molar-refractivity contribution in [1.29, 1.82) is 0 Å². The van der Waals surface area contributed by atoms with Crippen molar-refractivity contribution in [3.8, 4) is 16.4 Å². The van der Waals surface area contributed by atoms with E-state index >= 15 is 0 Å². The van der Waals surface area contributed by atoms with Gasteiger partial charge in [0.25, 0.3) is 0 Å². The van der Waals surface area contributed by atoms with Crippen LogP contribution in [0.1, 0.15) is 12.3 Å². The minimum Gasteiger partial charge on any atom is -0.491 e. The van der Waals surface area contributed by atoms with Crippen LogP contribution in [0.2, 0.25) is 0 Å². The van der Waals surface area contributed by atoms with Gasteiger partial charge < -0.3 is 14.1 Å². The van der Waals surface area contributed by atoms with Gasteiger partial charge in [0.1, 0.15) is 5.75 Å². The molecule has 1 aromatic carbocycles. The van der Waals surface area contributed by atoms with Crippen molar-refractivity contribution >= 4 is 17.0 Å². The van der Waals surface area contributed by atoms with Crippen molar-refractivity contribution in [2.24, 2.45) is 0 Å². The van der Waals surface area contributed by atoms with Crippen LogP contribution < -0.4 is 9.64 Å². The number of oxazole rings is 1. The first-order valence-electron chi connectivity index (χ1n) is 7.35. The highest BCUT2D eigenvalue weighted by atomic mass is 32.1. The lowest BCUT2D eigenvalue weighted by Crippen LogP contribution is -2.23. The zero-order chi connectivity index (χ0) is 14.8. The number of hydrogen-bond donors (Lipinski definition) is 0. The normalized spacial score (nSPS) is 14.3. The highest BCUT2D eigenvalue weighted by Crippen LogP contribution is 2.32. The Bertz CT molecular complexity index is 752. The molecule has 4 rings (SSSR count). The molecule has 0 N–H and O–H groups in total. The number of benzene rings is 1. The van der Waals surface area contributed by atoms with Gasteiger partial charge in [-0.3, -0.25) is 0 Å². The van der Waals surface area contributed by atoms with Crippen molar-refractivity contribution in [3.05, 3.63) is 53.9 Å². The number of thiophene rings is 1. The number of rotatable bonds is 3. The summed E-state index contributed by atoms with van der Waals surface area (Å²) in [5, 5.41) is 2.04. The number of ether oxygens (including phenoxy) is 1. The third-order valence-corrected chi connectivity index (χ3v) is 4.56. The number of fused-ring (bicyclic) bond motifs is 1. The van der Waals surface area contributed by atoms with Crippen LogP contribution in [0.15, 0.2) is 52.4 Å². The predicted molar refractivity (Wildman–Crippen MR) is 87.4 cm³/mol. The molecule has 0 bridgehead atoms. The molecule has 5 heteroatoms. The van der Waals surface area contributed by atoms with E-state index in [4.69, 9.17) is 9.15 Å². The van der Waals surface area contributed by atoms with Crippen LogP contribution in [-0.2, 0) is 6.54 Å². The first-order chi connectivity index (χ1) is 10.9. The van der Waals surface area contributed by atoms with Crippen LogP contribution in [-0.4, -0.2) is 18.1 Å². The van der Waals surface area contributed by atoms with Crippen molar-refractivity contribution in [1.82, 2.24) is 4.98 Å². The van der Waals surface area contributed by atoms with E-state index in [1.165, 1.54) is 0 Å². The van der Waals surface area contributed by atoms with Crippen molar-refractivity contribution < 1.29 is 9.15 Å². The molecule has 0 unspecified atom stereocenters. The van der Waals surface area contributed by atoms with E-state index < -0.39 is 0 Å². The molecule has 0 saturated carbocycles. The monoisotopic (exact) mass is 312 g/mol. The van der Waals surface area contributed by atoms with Gasteiger partial charge in [0.15, 0.2) is 5.76 Å². The van der Waals surface area contributed by atoms with Gasteiger partial charge in [0.05, 0.1) is 29.9 Å². The summed E-state index contributed by atoms with van der Waals surface area (Å²) in [6, 6.07) is 12.2. The number of aromatic nitrogens is 1. The van der Waals surface area contributed by atoms with E-state index in [0.717, 1.165) is 47.5 Å². The summed E-state index contributed by atoms with van der Waals surface area (Å²) in [5.74, 6) is 2.51. The van der Waals surface area contributed by atoms with Gasteiger partial charge in [-0.05, 0) is 30.0 Å². The number of nitrogens with zero attached hydrogens (tertiary/aromatic N) is 2. The summed E-state index contributed by atoms with van der Waals surface area (Å²) in [6.45, 7) is 2.35. The molecule has 1 aliphatic rings. The number of hydrogen-bond acceptors (Lipinski definition) is 5. The lowest BCUT2D eigenvalue weighted by Gasteiger charge is -2.21. The van der Waals surface area contributed by atoms with Crippen molar-refractivity contribution in [2.75, 3.05) is 18.1 Å². The summed E-state index contributed by atoms with van der Waals surface area (Å²) >= 11 is 1.66.